The number of amides is 2. The first kappa shape index (κ1) is 12.5. The van der Waals surface area contributed by atoms with Gasteiger partial charge in [0.05, 0.1) is 17.5 Å². The predicted octanol–water partition coefficient (Wildman–Crippen LogP) is 1.18. The summed E-state index contributed by atoms with van der Waals surface area (Å²) in [6, 6.07) is 2.67. The number of carboxylic acid groups (broad SMARTS) is 1. The van der Waals surface area contributed by atoms with Crippen molar-refractivity contribution in [3.05, 3.63) is 29.6 Å². The van der Waals surface area contributed by atoms with Crippen LogP contribution in [0.25, 0.3) is 0 Å². The zero-order chi connectivity index (χ0) is 14.7. The third-order valence-electron chi connectivity index (χ3n) is 5.13. The van der Waals surface area contributed by atoms with Gasteiger partial charge in [-0.2, -0.15) is 0 Å². The minimum absolute atomic E-state index is 0.0785. The van der Waals surface area contributed by atoms with Gasteiger partial charge >= 0.3 is 5.97 Å². The molecule has 2 aliphatic carbocycles. The highest BCUT2D eigenvalue weighted by atomic mass is 16.4. The Morgan fingerprint density at radius 3 is 2.71 bits per heavy atom. The number of aromatic nitrogens is 1. The Bertz CT molecular complexity index is 636. The van der Waals surface area contributed by atoms with Crippen LogP contribution in [0.5, 0.6) is 0 Å². The molecule has 2 heterocycles. The lowest BCUT2D eigenvalue weighted by Crippen LogP contribution is -2.49. The summed E-state index contributed by atoms with van der Waals surface area (Å²) in [7, 11) is 0. The van der Waals surface area contributed by atoms with Gasteiger partial charge in [0.2, 0.25) is 0 Å². The number of pyridine rings is 1. The van der Waals surface area contributed by atoms with Crippen molar-refractivity contribution in [3.8, 4) is 0 Å². The fourth-order valence-electron chi connectivity index (χ4n) is 4.34. The predicted molar refractivity (Wildman–Crippen MR) is 70.5 cm³/mol. The molecular formula is C15H14N2O4. The van der Waals surface area contributed by atoms with Crippen LogP contribution >= 0.6 is 0 Å². The summed E-state index contributed by atoms with van der Waals surface area (Å²) in [4.78, 5) is 41.7. The number of carboxylic acids is 1. The van der Waals surface area contributed by atoms with Crippen LogP contribution in [0.4, 0.5) is 0 Å². The molecule has 0 aromatic carbocycles. The van der Waals surface area contributed by atoms with E-state index in [1.54, 1.807) is 12.1 Å². The molecule has 108 valence electrons. The lowest BCUT2D eigenvalue weighted by atomic mass is 9.83. The van der Waals surface area contributed by atoms with Crippen molar-refractivity contribution in [3.63, 3.8) is 0 Å². The minimum Gasteiger partial charge on any atom is -0.481 e. The Morgan fingerprint density at radius 1 is 1.24 bits per heavy atom. The highest BCUT2D eigenvalue weighted by Crippen LogP contribution is 2.51. The summed E-state index contributed by atoms with van der Waals surface area (Å²) >= 11 is 0. The lowest BCUT2D eigenvalue weighted by Gasteiger charge is -2.33. The second-order valence-corrected chi connectivity index (χ2v) is 6.07. The van der Waals surface area contributed by atoms with E-state index in [0.717, 1.165) is 19.3 Å². The molecular weight excluding hydrogens is 272 g/mol. The molecule has 1 N–H and O–H groups in total. The Morgan fingerprint density at radius 2 is 2.00 bits per heavy atom. The standard InChI is InChI=1S/C15H14N2O4/c18-13-9-2-1-5-16-11(9)14(19)17(13)12-8-4-3-7(6-8)10(12)15(20)21/h1-2,5,7-8,10,12H,3-4,6H2,(H,20,21). The highest BCUT2D eigenvalue weighted by molar-refractivity contribution is 6.20. The van der Waals surface area contributed by atoms with Crippen molar-refractivity contribution in [2.45, 2.75) is 25.3 Å². The Labute approximate surface area is 120 Å². The smallest absolute Gasteiger partial charge is 0.308 e. The van der Waals surface area contributed by atoms with Gasteiger partial charge in [0, 0.05) is 6.20 Å². The zero-order valence-corrected chi connectivity index (χ0v) is 11.2. The number of nitrogens with zero attached hydrogens (tertiary/aromatic N) is 2. The number of fused-ring (bicyclic) bond motifs is 3. The molecule has 1 aromatic heterocycles. The van der Waals surface area contributed by atoms with Gasteiger partial charge in [-0.15, -0.1) is 0 Å². The van der Waals surface area contributed by atoms with Crippen molar-refractivity contribution >= 4 is 17.8 Å². The molecule has 2 amide bonds. The molecule has 4 rings (SSSR count). The lowest BCUT2D eigenvalue weighted by molar-refractivity contribution is -0.145. The SMILES string of the molecule is O=C(O)C1C2CCC(C2)C1N1C(=O)c2cccnc2C1=O. The number of hydrogen-bond acceptors (Lipinski definition) is 4. The molecule has 6 nitrogen and oxygen atoms in total. The third-order valence-corrected chi connectivity index (χ3v) is 5.13. The van der Waals surface area contributed by atoms with Gasteiger partial charge in [0.25, 0.3) is 11.8 Å². The largest absolute Gasteiger partial charge is 0.481 e. The van der Waals surface area contributed by atoms with E-state index in [1.165, 1.54) is 11.1 Å². The van der Waals surface area contributed by atoms with E-state index >= 15 is 0 Å². The maximum Gasteiger partial charge on any atom is 0.308 e. The van der Waals surface area contributed by atoms with E-state index in [4.69, 9.17) is 0 Å². The van der Waals surface area contributed by atoms with Crippen molar-refractivity contribution in [1.29, 1.82) is 0 Å². The molecule has 3 aliphatic rings. The quantitative estimate of drug-likeness (QED) is 0.825. The van der Waals surface area contributed by atoms with E-state index in [1.807, 2.05) is 0 Å². The molecule has 1 aromatic rings. The molecule has 4 unspecified atom stereocenters. The van der Waals surface area contributed by atoms with Crippen LogP contribution in [0.1, 0.15) is 40.1 Å². The topological polar surface area (TPSA) is 87.6 Å². The molecule has 1 aliphatic heterocycles. The summed E-state index contributed by atoms with van der Waals surface area (Å²) < 4.78 is 0. The summed E-state index contributed by atoms with van der Waals surface area (Å²) in [6.07, 6.45) is 4.03. The minimum atomic E-state index is -0.906. The zero-order valence-electron chi connectivity index (χ0n) is 11.2. The maximum absolute atomic E-state index is 12.5. The number of aliphatic carboxylic acids is 1. The second kappa shape index (κ2) is 4.13. The van der Waals surface area contributed by atoms with Crippen LogP contribution in [0, 0.1) is 17.8 Å². The third kappa shape index (κ3) is 1.53. The first-order valence-electron chi connectivity index (χ1n) is 7.15. The number of carbonyl (C=O) groups is 3. The first-order valence-corrected chi connectivity index (χ1v) is 7.15. The van der Waals surface area contributed by atoms with E-state index < -0.39 is 29.7 Å². The van der Waals surface area contributed by atoms with E-state index in [-0.39, 0.29) is 23.1 Å². The van der Waals surface area contributed by atoms with Gasteiger partial charge in [-0.1, -0.05) is 0 Å². The normalized spacial score (nSPS) is 33.6. The molecule has 21 heavy (non-hydrogen) atoms. The molecule has 2 bridgehead atoms. The fraction of sp³-hybridized carbons (Fsp3) is 0.467. The van der Waals surface area contributed by atoms with Crippen LogP contribution in [0.2, 0.25) is 0 Å². The summed E-state index contributed by atoms with van der Waals surface area (Å²) in [5.41, 5.74) is 0.434. The number of carbonyl (C=O) groups excluding carboxylic acids is 2. The van der Waals surface area contributed by atoms with Crippen LogP contribution in [-0.2, 0) is 4.79 Å². The Kier molecular flexibility index (Phi) is 2.46. The van der Waals surface area contributed by atoms with Gasteiger partial charge in [-0.25, -0.2) is 0 Å². The fourth-order valence-corrected chi connectivity index (χ4v) is 4.34. The average Bonchev–Trinajstić information content (AvgIpc) is 3.13. The Hall–Kier alpha value is -2.24. The molecule has 0 radical (unpaired) electrons. The number of rotatable bonds is 2. The number of imide groups is 1. The molecule has 2 fully saturated rings. The van der Waals surface area contributed by atoms with Gasteiger partial charge in [0.1, 0.15) is 5.69 Å². The maximum atomic E-state index is 12.5. The summed E-state index contributed by atoms with van der Waals surface area (Å²) in [5.74, 6) is -2.19. The number of hydrogen-bond donors (Lipinski definition) is 1. The van der Waals surface area contributed by atoms with E-state index in [2.05, 4.69) is 4.98 Å². The van der Waals surface area contributed by atoms with E-state index in [0.29, 0.717) is 0 Å². The summed E-state index contributed by atoms with van der Waals surface area (Å²) in [5, 5.41) is 9.49. The van der Waals surface area contributed by atoms with Gasteiger partial charge < -0.3 is 5.11 Å². The molecule has 2 saturated carbocycles. The first-order chi connectivity index (χ1) is 10.1. The van der Waals surface area contributed by atoms with Crippen molar-refractivity contribution < 1.29 is 19.5 Å². The van der Waals surface area contributed by atoms with Crippen molar-refractivity contribution in [2.24, 2.45) is 17.8 Å². The van der Waals surface area contributed by atoms with Gasteiger partial charge in [0.15, 0.2) is 0 Å². The van der Waals surface area contributed by atoms with E-state index in [9.17, 15) is 19.5 Å². The second-order valence-electron chi connectivity index (χ2n) is 6.07. The van der Waals surface area contributed by atoms with Crippen molar-refractivity contribution in [1.82, 2.24) is 9.88 Å². The van der Waals surface area contributed by atoms with Gasteiger partial charge in [-0.3, -0.25) is 24.3 Å². The van der Waals surface area contributed by atoms with Crippen LogP contribution < -0.4 is 0 Å². The molecule has 6 heteroatoms. The Balaban J connectivity index is 1.76. The van der Waals surface area contributed by atoms with Crippen molar-refractivity contribution in [2.75, 3.05) is 0 Å². The van der Waals surface area contributed by atoms with Crippen LogP contribution in [0.15, 0.2) is 18.3 Å². The monoisotopic (exact) mass is 286 g/mol. The molecule has 0 saturated heterocycles. The highest BCUT2D eigenvalue weighted by Gasteiger charge is 2.57. The van der Waals surface area contributed by atoms with Crippen LogP contribution in [0.3, 0.4) is 0 Å². The molecule has 0 spiro atoms. The molecule has 4 atom stereocenters. The summed E-state index contributed by atoms with van der Waals surface area (Å²) in [6.45, 7) is 0. The van der Waals surface area contributed by atoms with Crippen LogP contribution in [-0.4, -0.2) is 38.8 Å². The van der Waals surface area contributed by atoms with Gasteiger partial charge in [-0.05, 0) is 43.2 Å². The average molecular weight is 286 g/mol.